The summed E-state index contributed by atoms with van der Waals surface area (Å²) in [6.45, 7) is 2.21. The number of aromatic nitrogens is 2. The lowest BCUT2D eigenvalue weighted by Crippen LogP contribution is -2.33. The number of ether oxygens (including phenoxy) is 1. The highest BCUT2D eigenvalue weighted by Crippen LogP contribution is 2.31. The van der Waals surface area contributed by atoms with E-state index in [1.165, 1.54) is 16.8 Å². The number of rotatable bonds is 4. The molecule has 1 atom stereocenters. The summed E-state index contributed by atoms with van der Waals surface area (Å²) in [6.07, 6.45) is 2.08. The van der Waals surface area contributed by atoms with Crippen molar-refractivity contribution < 1.29 is 17.9 Å². The van der Waals surface area contributed by atoms with Gasteiger partial charge in [0.1, 0.15) is 23.1 Å². The van der Waals surface area contributed by atoms with Gasteiger partial charge in [-0.05, 0) is 43.7 Å². The fourth-order valence-electron chi connectivity index (χ4n) is 3.29. The first-order chi connectivity index (χ1) is 12.6. The average Bonchev–Trinajstić information content (AvgIpc) is 3.03. The molecule has 4 nitrogen and oxygen atoms in total. The van der Waals surface area contributed by atoms with Crippen LogP contribution in [0.3, 0.4) is 0 Å². The molecule has 2 aromatic carbocycles. The molecule has 1 N–H and O–H groups in total. The van der Waals surface area contributed by atoms with Crippen molar-refractivity contribution in [1.82, 2.24) is 15.1 Å². The SMILES string of the molecule is Cl.Fc1ccc(F)c(-n2nc(OC[C@H]3CCCNC3)c3c(F)cccc32)c1. The smallest absolute Gasteiger partial charge is 0.244 e. The third kappa shape index (κ3) is 3.89. The van der Waals surface area contributed by atoms with Crippen LogP contribution < -0.4 is 10.1 Å². The van der Waals surface area contributed by atoms with Crippen LogP contribution >= 0.6 is 12.4 Å². The third-order valence-electron chi connectivity index (χ3n) is 4.62. The Kier molecular flexibility index (Phi) is 5.92. The first-order valence-corrected chi connectivity index (χ1v) is 8.59. The van der Waals surface area contributed by atoms with Gasteiger partial charge < -0.3 is 10.1 Å². The van der Waals surface area contributed by atoms with Crippen LogP contribution in [0.25, 0.3) is 16.6 Å². The zero-order valence-corrected chi connectivity index (χ0v) is 15.2. The number of hydrogen-bond donors (Lipinski definition) is 1. The number of hydrogen-bond acceptors (Lipinski definition) is 3. The van der Waals surface area contributed by atoms with Gasteiger partial charge >= 0.3 is 0 Å². The number of halogens is 4. The van der Waals surface area contributed by atoms with Crippen molar-refractivity contribution in [2.45, 2.75) is 12.8 Å². The zero-order valence-electron chi connectivity index (χ0n) is 14.4. The molecule has 0 saturated carbocycles. The van der Waals surface area contributed by atoms with Gasteiger partial charge in [-0.25, -0.2) is 17.9 Å². The van der Waals surface area contributed by atoms with Gasteiger partial charge in [-0.2, -0.15) is 0 Å². The maximum absolute atomic E-state index is 14.4. The molecule has 1 aliphatic rings. The highest BCUT2D eigenvalue weighted by atomic mass is 35.5. The largest absolute Gasteiger partial charge is 0.476 e. The van der Waals surface area contributed by atoms with E-state index in [0.717, 1.165) is 44.1 Å². The van der Waals surface area contributed by atoms with Crippen molar-refractivity contribution in [3.05, 3.63) is 53.8 Å². The van der Waals surface area contributed by atoms with Crippen LogP contribution in [0.1, 0.15) is 12.8 Å². The van der Waals surface area contributed by atoms with E-state index in [1.54, 1.807) is 6.07 Å². The summed E-state index contributed by atoms with van der Waals surface area (Å²) >= 11 is 0. The summed E-state index contributed by atoms with van der Waals surface area (Å²) in [4.78, 5) is 0. The molecular weight excluding hydrogens is 379 g/mol. The summed E-state index contributed by atoms with van der Waals surface area (Å²) in [7, 11) is 0. The van der Waals surface area contributed by atoms with Gasteiger partial charge in [0.15, 0.2) is 0 Å². The van der Waals surface area contributed by atoms with E-state index in [4.69, 9.17) is 4.74 Å². The second kappa shape index (κ2) is 8.19. The van der Waals surface area contributed by atoms with Crippen LogP contribution in [0, 0.1) is 23.4 Å². The topological polar surface area (TPSA) is 39.1 Å². The quantitative estimate of drug-likeness (QED) is 0.715. The van der Waals surface area contributed by atoms with Crippen molar-refractivity contribution in [2.75, 3.05) is 19.7 Å². The molecule has 2 heterocycles. The first-order valence-electron chi connectivity index (χ1n) is 8.59. The molecule has 1 aromatic heterocycles. The maximum atomic E-state index is 14.4. The lowest BCUT2D eigenvalue weighted by molar-refractivity contribution is 0.213. The van der Waals surface area contributed by atoms with Crippen LogP contribution in [0.4, 0.5) is 13.2 Å². The fourth-order valence-corrected chi connectivity index (χ4v) is 3.29. The van der Waals surface area contributed by atoms with Crippen molar-refractivity contribution in [2.24, 2.45) is 5.92 Å². The van der Waals surface area contributed by atoms with Crippen LogP contribution in [0.15, 0.2) is 36.4 Å². The monoisotopic (exact) mass is 397 g/mol. The first kappa shape index (κ1) is 19.5. The zero-order chi connectivity index (χ0) is 18.1. The van der Waals surface area contributed by atoms with Gasteiger partial charge in [-0.1, -0.05) is 6.07 Å². The van der Waals surface area contributed by atoms with E-state index >= 15 is 0 Å². The number of piperidine rings is 1. The molecule has 1 fully saturated rings. The molecule has 0 spiro atoms. The van der Waals surface area contributed by atoms with Crippen LogP contribution in [0.5, 0.6) is 5.88 Å². The number of nitrogens with zero attached hydrogens (tertiary/aromatic N) is 2. The molecule has 0 unspecified atom stereocenters. The second-order valence-corrected chi connectivity index (χ2v) is 6.47. The minimum absolute atomic E-state index is 0. The summed E-state index contributed by atoms with van der Waals surface area (Å²) in [5.74, 6) is -1.36. The molecule has 1 aliphatic heterocycles. The van der Waals surface area contributed by atoms with E-state index in [-0.39, 0.29) is 29.4 Å². The Labute approximate surface area is 160 Å². The van der Waals surface area contributed by atoms with E-state index in [9.17, 15) is 13.2 Å². The highest BCUT2D eigenvalue weighted by molar-refractivity contribution is 5.86. The summed E-state index contributed by atoms with van der Waals surface area (Å²) in [5.41, 5.74) is 0.237. The van der Waals surface area contributed by atoms with E-state index in [1.807, 2.05) is 0 Å². The van der Waals surface area contributed by atoms with Crippen molar-refractivity contribution >= 4 is 23.3 Å². The molecule has 0 bridgehead atoms. The molecule has 8 heteroatoms. The minimum atomic E-state index is -0.650. The van der Waals surface area contributed by atoms with Gasteiger partial charge in [0.2, 0.25) is 5.88 Å². The Morgan fingerprint density at radius 2 is 2.00 bits per heavy atom. The number of benzene rings is 2. The van der Waals surface area contributed by atoms with Crippen LogP contribution in [0.2, 0.25) is 0 Å². The Morgan fingerprint density at radius 1 is 1.15 bits per heavy atom. The summed E-state index contributed by atoms with van der Waals surface area (Å²) in [6, 6.07) is 7.48. The Bertz CT molecular complexity index is 941. The molecule has 27 heavy (non-hydrogen) atoms. The fraction of sp³-hybridized carbons (Fsp3) is 0.316. The summed E-state index contributed by atoms with van der Waals surface area (Å²) < 4.78 is 49.2. The van der Waals surface area contributed by atoms with Gasteiger partial charge in [0.25, 0.3) is 0 Å². The van der Waals surface area contributed by atoms with Crippen molar-refractivity contribution in [1.29, 1.82) is 0 Å². The molecule has 0 radical (unpaired) electrons. The lowest BCUT2D eigenvalue weighted by atomic mass is 10.0. The van der Waals surface area contributed by atoms with Crippen LogP contribution in [-0.2, 0) is 0 Å². The number of nitrogens with one attached hydrogen (secondary N) is 1. The van der Waals surface area contributed by atoms with Crippen LogP contribution in [-0.4, -0.2) is 29.5 Å². The highest BCUT2D eigenvalue weighted by Gasteiger charge is 2.21. The van der Waals surface area contributed by atoms with E-state index < -0.39 is 17.5 Å². The van der Waals surface area contributed by atoms with Crippen molar-refractivity contribution in [3.63, 3.8) is 0 Å². The average molecular weight is 398 g/mol. The van der Waals surface area contributed by atoms with Gasteiger partial charge in [-0.15, -0.1) is 17.5 Å². The van der Waals surface area contributed by atoms with Gasteiger partial charge in [0, 0.05) is 18.5 Å². The Hall–Kier alpha value is -2.25. The second-order valence-electron chi connectivity index (χ2n) is 6.47. The third-order valence-corrected chi connectivity index (χ3v) is 4.62. The Balaban J connectivity index is 0.00000210. The van der Waals surface area contributed by atoms with E-state index in [0.29, 0.717) is 18.0 Å². The standard InChI is InChI=1S/C19H18F3N3O.ClH/c20-13-6-7-14(21)17(9-13)25-16-5-1-4-15(22)18(16)19(24-25)26-11-12-3-2-8-23-10-12;/h1,4-7,9,12,23H,2-3,8,10-11H2;1H/t12-;/m0./s1. The maximum Gasteiger partial charge on any atom is 0.244 e. The lowest BCUT2D eigenvalue weighted by Gasteiger charge is -2.22. The molecule has 0 amide bonds. The van der Waals surface area contributed by atoms with E-state index in [2.05, 4.69) is 10.4 Å². The minimum Gasteiger partial charge on any atom is -0.476 e. The Morgan fingerprint density at radius 3 is 2.78 bits per heavy atom. The normalized spacial score (nSPS) is 16.9. The molecule has 1 saturated heterocycles. The molecule has 144 valence electrons. The predicted octanol–water partition coefficient (Wildman–Crippen LogP) is 4.24. The molecule has 4 rings (SSSR count). The molecule has 3 aromatic rings. The molecular formula is C19H19ClF3N3O. The van der Waals surface area contributed by atoms with Gasteiger partial charge in [0.05, 0.1) is 17.5 Å². The van der Waals surface area contributed by atoms with Gasteiger partial charge in [-0.3, -0.25) is 0 Å². The summed E-state index contributed by atoms with van der Waals surface area (Å²) in [5, 5.41) is 7.69. The molecule has 0 aliphatic carbocycles. The number of fused-ring (bicyclic) bond motifs is 1. The predicted molar refractivity (Wildman–Crippen MR) is 99.3 cm³/mol. The van der Waals surface area contributed by atoms with Crippen molar-refractivity contribution in [3.8, 4) is 11.6 Å².